The predicted octanol–water partition coefficient (Wildman–Crippen LogP) is 3.45. The van der Waals surface area contributed by atoms with E-state index in [2.05, 4.69) is 36.0 Å². The lowest BCUT2D eigenvalue weighted by Crippen LogP contribution is -2.20. The van der Waals surface area contributed by atoms with Gasteiger partial charge < -0.3 is 9.30 Å². The molecule has 0 aliphatic heterocycles. The monoisotopic (exact) mass is 392 g/mol. The molecule has 0 atom stereocenters. The Bertz CT molecular complexity index is 1160. The second-order valence-electron chi connectivity index (χ2n) is 6.60. The van der Waals surface area contributed by atoms with Crippen LogP contribution in [0.4, 0.5) is 16.4 Å². The molecule has 0 unspecified atom stereocenters. The molecular formula is C19H20N8O2. The largest absolute Gasteiger partial charge is 0.494 e. The van der Waals surface area contributed by atoms with Crippen LogP contribution in [0, 0.1) is 0 Å². The summed E-state index contributed by atoms with van der Waals surface area (Å²) in [7, 11) is 1.58. The summed E-state index contributed by atoms with van der Waals surface area (Å²) in [5.74, 6) is 2.06. The average Bonchev–Trinajstić information content (AvgIpc) is 3.36. The van der Waals surface area contributed by atoms with Crippen LogP contribution in [0.15, 0.2) is 42.7 Å². The van der Waals surface area contributed by atoms with Crippen LogP contribution >= 0.6 is 0 Å². The van der Waals surface area contributed by atoms with E-state index in [1.165, 1.54) is 0 Å². The number of para-hydroxylation sites is 1. The zero-order chi connectivity index (χ0) is 20.4. The van der Waals surface area contributed by atoms with Crippen LogP contribution in [0.1, 0.15) is 19.9 Å². The SMILES string of the molecule is COc1cccc2c(NC(=O)Nc3cccc(-c4nncn4C(C)C)n3)n[nH]c12. The summed E-state index contributed by atoms with van der Waals surface area (Å²) in [6, 6.07) is 10.5. The number of aromatic amines is 1. The number of carbonyl (C=O) groups is 1. The van der Waals surface area contributed by atoms with Crippen LogP contribution in [0.2, 0.25) is 0 Å². The molecule has 2 amide bonds. The molecule has 1 aromatic carbocycles. The molecule has 10 nitrogen and oxygen atoms in total. The molecule has 29 heavy (non-hydrogen) atoms. The third-order valence-corrected chi connectivity index (χ3v) is 4.36. The smallest absolute Gasteiger partial charge is 0.326 e. The number of carbonyl (C=O) groups excluding carboxylic acids is 1. The number of ether oxygens (including phenoxy) is 1. The Morgan fingerprint density at radius 3 is 2.79 bits per heavy atom. The molecule has 10 heteroatoms. The van der Waals surface area contributed by atoms with E-state index in [0.29, 0.717) is 34.4 Å². The number of pyridine rings is 1. The number of benzene rings is 1. The number of fused-ring (bicyclic) bond motifs is 1. The quantitative estimate of drug-likeness (QED) is 0.478. The molecular weight excluding hydrogens is 372 g/mol. The van der Waals surface area contributed by atoms with Crippen molar-refractivity contribution in [3.63, 3.8) is 0 Å². The first-order chi connectivity index (χ1) is 14.1. The van der Waals surface area contributed by atoms with E-state index >= 15 is 0 Å². The molecule has 3 heterocycles. The van der Waals surface area contributed by atoms with Crippen LogP contribution in [0.5, 0.6) is 5.75 Å². The first kappa shape index (κ1) is 18.4. The van der Waals surface area contributed by atoms with E-state index in [1.54, 1.807) is 25.6 Å². The van der Waals surface area contributed by atoms with Crippen molar-refractivity contribution in [1.82, 2.24) is 29.9 Å². The van der Waals surface area contributed by atoms with Crippen molar-refractivity contribution in [3.05, 3.63) is 42.7 Å². The zero-order valence-corrected chi connectivity index (χ0v) is 16.2. The average molecular weight is 392 g/mol. The Morgan fingerprint density at radius 2 is 2.00 bits per heavy atom. The molecule has 0 fully saturated rings. The van der Waals surface area contributed by atoms with Crippen molar-refractivity contribution in [2.75, 3.05) is 17.7 Å². The van der Waals surface area contributed by atoms with Gasteiger partial charge in [0.15, 0.2) is 11.6 Å². The standard InChI is InChI=1S/C19H20N8O2/c1-11(2)27-10-20-26-18(27)13-7-5-9-15(21-13)22-19(28)23-17-12-6-4-8-14(29-3)16(12)24-25-17/h4-11H,1-3H3,(H3,21,22,23,24,25,28). The first-order valence-corrected chi connectivity index (χ1v) is 9.03. The lowest BCUT2D eigenvalue weighted by Gasteiger charge is -2.10. The maximum atomic E-state index is 12.5. The maximum Gasteiger partial charge on any atom is 0.326 e. The van der Waals surface area contributed by atoms with E-state index in [1.807, 2.05) is 42.7 Å². The van der Waals surface area contributed by atoms with E-state index in [0.717, 1.165) is 5.39 Å². The number of anilines is 2. The highest BCUT2D eigenvalue weighted by Gasteiger charge is 2.14. The number of methoxy groups -OCH3 is 1. The fourth-order valence-electron chi connectivity index (χ4n) is 2.97. The Kier molecular flexibility index (Phi) is 4.82. The van der Waals surface area contributed by atoms with Crippen LogP contribution in [-0.2, 0) is 0 Å². The topological polar surface area (TPSA) is 123 Å². The van der Waals surface area contributed by atoms with Gasteiger partial charge in [0.1, 0.15) is 29.1 Å². The minimum atomic E-state index is -0.462. The van der Waals surface area contributed by atoms with Crippen molar-refractivity contribution in [2.45, 2.75) is 19.9 Å². The molecule has 0 aliphatic carbocycles. The molecule has 0 spiro atoms. The number of urea groups is 1. The van der Waals surface area contributed by atoms with Crippen molar-refractivity contribution in [1.29, 1.82) is 0 Å². The van der Waals surface area contributed by atoms with Gasteiger partial charge in [0, 0.05) is 11.4 Å². The lowest BCUT2D eigenvalue weighted by molar-refractivity contribution is 0.262. The second kappa shape index (κ2) is 7.58. The molecule has 0 radical (unpaired) electrons. The van der Waals surface area contributed by atoms with Crippen LogP contribution < -0.4 is 15.4 Å². The summed E-state index contributed by atoms with van der Waals surface area (Å²) in [6.07, 6.45) is 1.66. The molecule has 4 rings (SSSR count). The van der Waals surface area contributed by atoms with Gasteiger partial charge in [0.2, 0.25) is 0 Å². The minimum Gasteiger partial charge on any atom is -0.494 e. The number of nitrogens with one attached hydrogen (secondary N) is 3. The van der Waals surface area contributed by atoms with Crippen molar-refractivity contribution in [3.8, 4) is 17.3 Å². The van der Waals surface area contributed by atoms with Crippen LogP contribution in [0.25, 0.3) is 22.4 Å². The Hall–Kier alpha value is -3.95. The number of hydrogen-bond donors (Lipinski definition) is 3. The molecule has 0 saturated heterocycles. The molecule has 4 aromatic rings. The van der Waals surface area contributed by atoms with Gasteiger partial charge in [-0.2, -0.15) is 5.10 Å². The van der Waals surface area contributed by atoms with E-state index < -0.39 is 6.03 Å². The molecule has 0 bridgehead atoms. The van der Waals surface area contributed by atoms with Gasteiger partial charge in [0.25, 0.3) is 0 Å². The fraction of sp³-hybridized carbons (Fsp3) is 0.211. The molecule has 3 N–H and O–H groups in total. The van der Waals surface area contributed by atoms with Crippen molar-refractivity contribution in [2.24, 2.45) is 0 Å². The van der Waals surface area contributed by atoms with E-state index in [-0.39, 0.29) is 6.04 Å². The molecule has 148 valence electrons. The van der Waals surface area contributed by atoms with Gasteiger partial charge in [-0.1, -0.05) is 12.1 Å². The number of H-pyrrole nitrogens is 1. The summed E-state index contributed by atoms with van der Waals surface area (Å²) >= 11 is 0. The normalized spacial score (nSPS) is 11.0. The van der Waals surface area contributed by atoms with Crippen LogP contribution in [0.3, 0.4) is 0 Å². The lowest BCUT2D eigenvalue weighted by atomic mass is 10.2. The van der Waals surface area contributed by atoms with E-state index in [4.69, 9.17) is 4.74 Å². The fourth-order valence-corrected chi connectivity index (χ4v) is 2.97. The van der Waals surface area contributed by atoms with E-state index in [9.17, 15) is 4.79 Å². The summed E-state index contributed by atoms with van der Waals surface area (Å²) in [6.45, 7) is 4.07. The Balaban J connectivity index is 1.53. The summed E-state index contributed by atoms with van der Waals surface area (Å²) < 4.78 is 7.21. The first-order valence-electron chi connectivity index (χ1n) is 9.03. The van der Waals surface area contributed by atoms with Crippen molar-refractivity contribution < 1.29 is 9.53 Å². The predicted molar refractivity (Wildman–Crippen MR) is 109 cm³/mol. The number of amides is 2. The molecule has 0 saturated carbocycles. The molecule has 3 aromatic heterocycles. The van der Waals surface area contributed by atoms with Gasteiger partial charge in [-0.05, 0) is 38.1 Å². The number of hydrogen-bond acceptors (Lipinski definition) is 6. The summed E-state index contributed by atoms with van der Waals surface area (Å²) in [4.78, 5) is 16.9. The maximum absolute atomic E-state index is 12.5. The number of aromatic nitrogens is 6. The van der Waals surface area contributed by atoms with Gasteiger partial charge >= 0.3 is 6.03 Å². The third-order valence-electron chi connectivity index (χ3n) is 4.36. The third kappa shape index (κ3) is 3.59. The van der Waals surface area contributed by atoms with Gasteiger partial charge in [-0.15, -0.1) is 10.2 Å². The van der Waals surface area contributed by atoms with Crippen molar-refractivity contribution >= 4 is 28.6 Å². The highest BCUT2D eigenvalue weighted by molar-refractivity contribution is 6.05. The van der Waals surface area contributed by atoms with Gasteiger partial charge in [-0.3, -0.25) is 15.7 Å². The zero-order valence-electron chi connectivity index (χ0n) is 16.2. The highest BCUT2D eigenvalue weighted by atomic mass is 16.5. The number of nitrogens with zero attached hydrogens (tertiary/aromatic N) is 5. The van der Waals surface area contributed by atoms with Gasteiger partial charge in [0.05, 0.1) is 7.11 Å². The highest BCUT2D eigenvalue weighted by Crippen LogP contribution is 2.28. The Morgan fingerprint density at radius 1 is 1.17 bits per heavy atom. The number of rotatable bonds is 5. The summed E-state index contributed by atoms with van der Waals surface area (Å²) in [5, 5.41) is 21.3. The summed E-state index contributed by atoms with van der Waals surface area (Å²) in [5.41, 5.74) is 1.32. The second-order valence-corrected chi connectivity index (χ2v) is 6.60. The van der Waals surface area contributed by atoms with Gasteiger partial charge in [-0.25, -0.2) is 9.78 Å². The Labute approximate surface area is 166 Å². The van der Waals surface area contributed by atoms with Crippen LogP contribution in [-0.4, -0.2) is 43.1 Å². The molecule has 0 aliphatic rings. The minimum absolute atomic E-state index is 0.187.